The molecule has 0 aromatic heterocycles. The summed E-state index contributed by atoms with van der Waals surface area (Å²) in [5, 5.41) is 9.66. The Kier molecular flexibility index (Phi) is 9.02. The number of nitrogens with one attached hydrogen (secondary N) is 3. The molecule has 0 spiro atoms. The Hall–Kier alpha value is -1.46. The summed E-state index contributed by atoms with van der Waals surface area (Å²) in [5.74, 6) is 0.747. The van der Waals surface area contributed by atoms with Gasteiger partial charge >= 0.3 is 6.09 Å². The largest absolute Gasteiger partial charge is 0.444 e. The molecule has 1 amide bonds. The van der Waals surface area contributed by atoms with Crippen molar-refractivity contribution in [1.29, 1.82) is 0 Å². The van der Waals surface area contributed by atoms with E-state index in [0.717, 1.165) is 25.2 Å². The smallest absolute Gasteiger partial charge is 0.408 e. The van der Waals surface area contributed by atoms with E-state index in [1.54, 1.807) is 7.05 Å². The average Bonchev–Trinajstić information content (AvgIpc) is 2.47. The quantitative estimate of drug-likeness (QED) is 0.496. The van der Waals surface area contributed by atoms with Crippen LogP contribution in [0.3, 0.4) is 0 Å². The number of ether oxygens (including phenoxy) is 1. The Morgan fingerprint density at radius 1 is 1.17 bits per heavy atom. The molecule has 1 atom stereocenters. The zero-order chi connectivity index (χ0) is 18.1. The predicted octanol–water partition coefficient (Wildman–Crippen LogP) is 3.03. The zero-order valence-corrected chi connectivity index (χ0v) is 16.2. The zero-order valence-electron chi connectivity index (χ0n) is 16.2. The van der Waals surface area contributed by atoms with E-state index in [0.29, 0.717) is 12.6 Å². The Balaban J connectivity index is 4.79. The van der Waals surface area contributed by atoms with E-state index in [1.807, 2.05) is 20.8 Å². The second-order valence-electron chi connectivity index (χ2n) is 6.99. The van der Waals surface area contributed by atoms with E-state index < -0.39 is 5.60 Å². The normalized spacial score (nSPS) is 14.2. The number of amides is 1. The van der Waals surface area contributed by atoms with Gasteiger partial charge in [-0.2, -0.15) is 0 Å². The topological polar surface area (TPSA) is 74.8 Å². The fourth-order valence-electron chi connectivity index (χ4n) is 2.02. The molecule has 3 N–H and O–H groups in total. The van der Waals surface area contributed by atoms with Crippen LogP contribution >= 0.6 is 0 Å². The minimum atomic E-state index is -0.501. The third-order valence-corrected chi connectivity index (χ3v) is 3.93. The highest BCUT2D eigenvalue weighted by Gasteiger charge is 2.30. The first-order valence-electron chi connectivity index (χ1n) is 8.59. The standard InChI is InChI=1S/C17H36N4O2/c1-9-13(4)20-14(18-8)19-12-17(10-2,11-3)21-15(22)23-16(5,6)7/h13H,9-12H2,1-8H3,(H,21,22)(H2,18,19,20). The molecule has 0 aliphatic heterocycles. The highest BCUT2D eigenvalue weighted by atomic mass is 16.6. The van der Waals surface area contributed by atoms with Gasteiger partial charge < -0.3 is 20.7 Å². The summed E-state index contributed by atoms with van der Waals surface area (Å²) in [5.41, 5.74) is -0.867. The molecule has 1 unspecified atom stereocenters. The van der Waals surface area contributed by atoms with Gasteiger partial charge in [0.25, 0.3) is 0 Å². The van der Waals surface area contributed by atoms with Crippen LogP contribution in [0.15, 0.2) is 4.99 Å². The van der Waals surface area contributed by atoms with Crippen LogP contribution in [0, 0.1) is 0 Å². The lowest BCUT2D eigenvalue weighted by molar-refractivity contribution is 0.0448. The van der Waals surface area contributed by atoms with Gasteiger partial charge in [-0.15, -0.1) is 0 Å². The molecule has 23 heavy (non-hydrogen) atoms. The van der Waals surface area contributed by atoms with Crippen LogP contribution in [0.1, 0.15) is 67.7 Å². The highest BCUT2D eigenvalue weighted by Crippen LogP contribution is 2.16. The maximum absolute atomic E-state index is 12.1. The molecule has 0 bridgehead atoms. The SMILES string of the molecule is CCC(C)NC(=NC)NCC(CC)(CC)NC(=O)OC(C)(C)C. The van der Waals surface area contributed by atoms with Crippen molar-refractivity contribution in [2.24, 2.45) is 4.99 Å². The highest BCUT2D eigenvalue weighted by molar-refractivity contribution is 5.80. The molecular formula is C17H36N4O2. The molecule has 0 rings (SSSR count). The van der Waals surface area contributed by atoms with E-state index in [2.05, 4.69) is 48.6 Å². The number of aliphatic imine (C=N–C) groups is 1. The summed E-state index contributed by atoms with van der Waals surface area (Å²) >= 11 is 0. The van der Waals surface area contributed by atoms with Gasteiger partial charge in [-0.1, -0.05) is 20.8 Å². The minimum Gasteiger partial charge on any atom is -0.444 e. The number of rotatable bonds is 7. The summed E-state index contributed by atoms with van der Waals surface area (Å²) in [4.78, 5) is 16.4. The molecule has 0 aromatic rings. The molecule has 0 aliphatic carbocycles. The number of guanidine groups is 1. The fraction of sp³-hybridized carbons (Fsp3) is 0.882. The minimum absolute atomic E-state index is 0.345. The van der Waals surface area contributed by atoms with Crippen molar-refractivity contribution >= 4 is 12.1 Å². The van der Waals surface area contributed by atoms with Gasteiger partial charge in [0, 0.05) is 19.6 Å². The summed E-state index contributed by atoms with van der Waals surface area (Å²) in [6.45, 7) is 14.5. The molecule has 136 valence electrons. The average molecular weight is 329 g/mol. The third-order valence-electron chi connectivity index (χ3n) is 3.93. The molecule has 0 aromatic carbocycles. The number of hydrogen-bond donors (Lipinski definition) is 3. The molecule has 0 saturated carbocycles. The molecule has 6 heteroatoms. The van der Waals surface area contributed by atoms with Gasteiger partial charge in [0.15, 0.2) is 5.96 Å². The van der Waals surface area contributed by atoms with Crippen LogP contribution in [-0.2, 0) is 4.74 Å². The summed E-state index contributed by atoms with van der Waals surface area (Å²) in [6, 6.07) is 0.345. The summed E-state index contributed by atoms with van der Waals surface area (Å²) in [7, 11) is 1.75. The molecule has 6 nitrogen and oxygen atoms in total. The Morgan fingerprint density at radius 2 is 1.74 bits per heavy atom. The van der Waals surface area contributed by atoms with Gasteiger partial charge in [-0.25, -0.2) is 4.79 Å². The second-order valence-corrected chi connectivity index (χ2v) is 6.99. The second kappa shape index (κ2) is 9.63. The van der Waals surface area contributed by atoms with E-state index in [1.165, 1.54) is 0 Å². The first-order chi connectivity index (χ1) is 10.6. The van der Waals surface area contributed by atoms with Crippen LogP contribution in [0.25, 0.3) is 0 Å². The van der Waals surface area contributed by atoms with Crippen molar-refractivity contribution in [3.8, 4) is 0 Å². The van der Waals surface area contributed by atoms with Crippen molar-refractivity contribution in [2.45, 2.75) is 84.9 Å². The van der Waals surface area contributed by atoms with Gasteiger partial charge in [-0.3, -0.25) is 4.99 Å². The first-order valence-corrected chi connectivity index (χ1v) is 8.59. The van der Waals surface area contributed by atoms with E-state index in [4.69, 9.17) is 4.74 Å². The van der Waals surface area contributed by atoms with Gasteiger partial charge in [0.05, 0.1) is 5.54 Å². The van der Waals surface area contributed by atoms with Crippen molar-refractivity contribution < 1.29 is 9.53 Å². The number of carbonyl (C=O) groups excluding carboxylic acids is 1. The van der Waals surface area contributed by atoms with Crippen molar-refractivity contribution in [3.63, 3.8) is 0 Å². The molecule has 0 heterocycles. The van der Waals surface area contributed by atoms with Gasteiger partial charge in [-0.05, 0) is 47.0 Å². The Labute approximate surface area is 141 Å². The lowest BCUT2D eigenvalue weighted by Crippen LogP contribution is -2.57. The fourth-order valence-corrected chi connectivity index (χ4v) is 2.02. The van der Waals surface area contributed by atoms with Crippen LogP contribution in [0.4, 0.5) is 4.79 Å². The van der Waals surface area contributed by atoms with Crippen molar-refractivity contribution in [1.82, 2.24) is 16.0 Å². The maximum Gasteiger partial charge on any atom is 0.408 e. The lowest BCUT2D eigenvalue weighted by Gasteiger charge is -2.34. The number of alkyl carbamates (subject to hydrolysis) is 1. The predicted molar refractivity (Wildman–Crippen MR) is 96.9 cm³/mol. The van der Waals surface area contributed by atoms with E-state index in [9.17, 15) is 4.79 Å². The van der Waals surface area contributed by atoms with E-state index in [-0.39, 0.29) is 11.6 Å². The molecule has 0 radical (unpaired) electrons. The van der Waals surface area contributed by atoms with Crippen molar-refractivity contribution in [3.05, 3.63) is 0 Å². The molecule has 0 aliphatic rings. The number of carbonyl (C=O) groups is 1. The van der Waals surface area contributed by atoms with Crippen LogP contribution in [0.2, 0.25) is 0 Å². The maximum atomic E-state index is 12.1. The summed E-state index contributed by atoms with van der Waals surface area (Å²) < 4.78 is 5.39. The summed E-state index contributed by atoms with van der Waals surface area (Å²) in [6.07, 6.45) is 2.24. The van der Waals surface area contributed by atoms with Crippen molar-refractivity contribution in [2.75, 3.05) is 13.6 Å². The van der Waals surface area contributed by atoms with E-state index >= 15 is 0 Å². The molecule has 0 fully saturated rings. The lowest BCUT2D eigenvalue weighted by atomic mass is 9.93. The molecular weight excluding hydrogens is 292 g/mol. The molecule has 0 saturated heterocycles. The monoisotopic (exact) mass is 328 g/mol. The van der Waals surface area contributed by atoms with Crippen LogP contribution < -0.4 is 16.0 Å². The Bertz CT molecular complexity index is 385. The first kappa shape index (κ1) is 21.5. The van der Waals surface area contributed by atoms with Crippen LogP contribution in [0.5, 0.6) is 0 Å². The number of hydrogen-bond acceptors (Lipinski definition) is 3. The van der Waals surface area contributed by atoms with Gasteiger partial charge in [0.2, 0.25) is 0 Å². The third kappa shape index (κ3) is 8.67. The number of nitrogens with zero attached hydrogens (tertiary/aromatic N) is 1. The van der Waals surface area contributed by atoms with Crippen LogP contribution in [-0.4, -0.2) is 42.8 Å². The van der Waals surface area contributed by atoms with Gasteiger partial charge in [0.1, 0.15) is 5.60 Å². The Morgan fingerprint density at radius 3 is 2.13 bits per heavy atom.